The molecular weight excluding hydrogens is 308 g/mol. The summed E-state index contributed by atoms with van der Waals surface area (Å²) in [5.74, 6) is 0.538. The van der Waals surface area contributed by atoms with Gasteiger partial charge in [-0.05, 0) is 45.7 Å². The molecule has 0 saturated carbocycles. The first kappa shape index (κ1) is 18.1. The van der Waals surface area contributed by atoms with Crippen LogP contribution in [0.25, 0.3) is 0 Å². The minimum absolute atomic E-state index is 0.00396. The van der Waals surface area contributed by atoms with E-state index in [1.807, 2.05) is 32.9 Å². The molecule has 132 valence electrons. The minimum Gasteiger partial charge on any atom is -0.491 e. The summed E-state index contributed by atoms with van der Waals surface area (Å²) < 4.78 is 11.3. The molecule has 0 aliphatic carbocycles. The highest BCUT2D eigenvalue weighted by Gasteiger charge is 2.32. The molecule has 6 nitrogen and oxygen atoms in total. The molecule has 1 fully saturated rings. The molecule has 0 spiro atoms. The third-order valence-electron chi connectivity index (χ3n) is 3.60. The average molecular weight is 334 g/mol. The summed E-state index contributed by atoms with van der Waals surface area (Å²) in [6.45, 7) is 8.14. The van der Waals surface area contributed by atoms with Gasteiger partial charge in [0, 0.05) is 25.2 Å². The summed E-state index contributed by atoms with van der Waals surface area (Å²) in [6.07, 6.45) is 1.55. The summed E-state index contributed by atoms with van der Waals surface area (Å²) >= 11 is 0. The van der Waals surface area contributed by atoms with Crippen molar-refractivity contribution < 1.29 is 19.1 Å². The van der Waals surface area contributed by atoms with E-state index >= 15 is 0 Å². The van der Waals surface area contributed by atoms with Crippen molar-refractivity contribution in [1.29, 1.82) is 0 Å². The lowest BCUT2D eigenvalue weighted by atomic mass is 10.2. The fourth-order valence-electron chi connectivity index (χ4n) is 2.63. The number of carbonyl (C=O) groups is 2. The maximum atomic E-state index is 12.3. The second kappa shape index (κ2) is 7.55. The number of benzene rings is 1. The number of hydrogen-bond acceptors (Lipinski definition) is 4. The van der Waals surface area contributed by atoms with E-state index < -0.39 is 5.60 Å². The standard InChI is InChI=1S/C18H26N2O4/c1-13(21)19-14-7-5-9-16(11-14)23-12-15-8-6-10-20(15)17(22)24-18(2,3)4/h5,7,9,11,15H,6,8,10,12H2,1-4H3,(H,19,21). The van der Waals surface area contributed by atoms with Gasteiger partial charge in [-0.15, -0.1) is 0 Å². The lowest BCUT2D eigenvalue weighted by Crippen LogP contribution is -2.42. The first-order valence-electron chi connectivity index (χ1n) is 8.25. The predicted molar refractivity (Wildman–Crippen MR) is 92.2 cm³/mol. The largest absolute Gasteiger partial charge is 0.491 e. The van der Waals surface area contributed by atoms with Gasteiger partial charge in [0.25, 0.3) is 0 Å². The minimum atomic E-state index is -0.502. The van der Waals surface area contributed by atoms with Crippen LogP contribution >= 0.6 is 0 Å². The fraction of sp³-hybridized carbons (Fsp3) is 0.556. The first-order chi connectivity index (χ1) is 11.2. The number of likely N-dealkylation sites (tertiary alicyclic amines) is 1. The molecule has 1 aliphatic heterocycles. The van der Waals surface area contributed by atoms with Gasteiger partial charge in [-0.2, -0.15) is 0 Å². The number of hydrogen-bond donors (Lipinski definition) is 1. The van der Waals surface area contributed by atoms with E-state index in [1.54, 1.807) is 17.0 Å². The number of rotatable bonds is 4. The summed E-state index contributed by atoms with van der Waals surface area (Å²) in [4.78, 5) is 25.1. The van der Waals surface area contributed by atoms with E-state index in [0.717, 1.165) is 12.8 Å². The van der Waals surface area contributed by atoms with Gasteiger partial charge in [-0.3, -0.25) is 4.79 Å². The summed E-state index contributed by atoms with van der Waals surface area (Å²) in [7, 11) is 0. The Morgan fingerprint density at radius 1 is 1.33 bits per heavy atom. The highest BCUT2D eigenvalue weighted by atomic mass is 16.6. The molecule has 0 radical (unpaired) electrons. The van der Waals surface area contributed by atoms with Crippen molar-refractivity contribution in [2.45, 2.75) is 52.2 Å². The molecule has 24 heavy (non-hydrogen) atoms. The Bertz CT molecular complexity index is 595. The predicted octanol–water partition coefficient (Wildman–Crippen LogP) is 3.42. The van der Waals surface area contributed by atoms with Crippen molar-refractivity contribution in [2.75, 3.05) is 18.5 Å². The van der Waals surface area contributed by atoms with Crippen LogP contribution in [0.1, 0.15) is 40.5 Å². The SMILES string of the molecule is CC(=O)Nc1cccc(OCC2CCCN2C(=O)OC(C)(C)C)c1. The van der Waals surface area contributed by atoms with Crippen LogP contribution in [0.5, 0.6) is 5.75 Å². The van der Waals surface area contributed by atoms with Crippen molar-refractivity contribution in [1.82, 2.24) is 4.90 Å². The zero-order valence-electron chi connectivity index (χ0n) is 14.8. The van der Waals surface area contributed by atoms with Gasteiger partial charge in [0.1, 0.15) is 18.0 Å². The van der Waals surface area contributed by atoms with E-state index in [2.05, 4.69) is 5.32 Å². The third kappa shape index (κ3) is 5.44. The Balaban J connectivity index is 1.93. The number of ether oxygens (including phenoxy) is 2. The molecule has 1 aromatic rings. The number of anilines is 1. The fourth-order valence-corrected chi connectivity index (χ4v) is 2.63. The van der Waals surface area contributed by atoms with Crippen LogP contribution in [-0.4, -0.2) is 41.7 Å². The molecule has 1 unspecified atom stereocenters. The van der Waals surface area contributed by atoms with Gasteiger partial charge < -0.3 is 19.7 Å². The van der Waals surface area contributed by atoms with Crippen LogP contribution in [-0.2, 0) is 9.53 Å². The molecular formula is C18H26N2O4. The van der Waals surface area contributed by atoms with Crippen LogP contribution in [0.2, 0.25) is 0 Å². The quantitative estimate of drug-likeness (QED) is 0.916. The Kier molecular flexibility index (Phi) is 5.70. The van der Waals surface area contributed by atoms with Crippen LogP contribution in [0, 0.1) is 0 Å². The van der Waals surface area contributed by atoms with Gasteiger partial charge in [0.05, 0.1) is 6.04 Å². The van der Waals surface area contributed by atoms with Crippen molar-refractivity contribution in [3.05, 3.63) is 24.3 Å². The number of amides is 2. The smallest absolute Gasteiger partial charge is 0.410 e. The van der Waals surface area contributed by atoms with Crippen LogP contribution < -0.4 is 10.1 Å². The van der Waals surface area contributed by atoms with Crippen LogP contribution in [0.15, 0.2) is 24.3 Å². The lowest BCUT2D eigenvalue weighted by Gasteiger charge is -2.28. The van der Waals surface area contributed by atoms with E-state index in [-0.39, 0.29) is 18.0 Å². The second-order valence-electron chi connectivity index (χ2n) is 6.99. The Morgan fingerprint density at radius 2 is 2.08 bits per heavy atom. The van der Waals surface area contributed by atoms with Crippen molar-refractivity contribution in [2.24, 2.45) is 0 Å². The second-order valence-corrected chi connectivity index (χ2v) is 6.99. The Hall–Kier alpha value is -2.24. The Morgan fingerprint density at radius 3 is 2.75 bits per heavy atom. The normalized spacial score (nSPS) is 17.5. The van der Waals surface area contributed by atoms with Crippen molar-refractivity contribution in [3.63, 3.8) is 0 Å². The molecule has 6 heteroatoms. The van der Waals surface area contributed by atoms with E-state index in [0.29, 0.717) is 24.6 Å². The molecule has 0 aromatic heterocycles. The molecule has 2 rings (SSSR count). The third-order valence-corrected chi connectivity index (χ3v) is 3.60. The molecule has 1 aliphatic rings. The molecule has 1 heterocycles. The summed E-state index contributed by atoms with van der Waals surface area (Å²) in [5.41, 5.74) is 0.188. The van der Waals surface area contributed by atoms with E-state index in [1.165, 1.54) is 6.92 Å². The summed E-state index contributed by atoms with van der Waals surface area (Å²) in [5, 5.41) is 2.72. The Labute approximate surface area is 143 Å². The molecule has 1 saturated heterocycles. The number of nitrogens with zero attached hydrogens (tertiary/aromatic N) is 1. The highest BCUT2D eigenvalue weighted by Crippen LogP contribution is 2.23. The maximum Gasteiger partial charge on any atom is 0.410 e. The first-order valence-corrected chi connectivity index (χ1v) is 8.25. The summed E-state index contributed by atoms with van der Waals surface area (Å²) in [6, 6.07) is 7.23. The zero-order chi connectivity index (χ0) is 17.7. The average Bonchev–Trinajstić information content (AvgIpc) is 2.91. The monoisotopic (exact) mass is 334 g/mol. The zero-order valence-corrected chi connectivity index (χ0v) is 14.8. The highest BCUT2D eigenvalue weighted by molar-refractivity contribution is 5.88. The molecule has 2 amide bonds. The van der Waals surface area contributed by atoms with Gasteiger partial charge >= 0.3 is 6.09 Å². The number of nitrogens with one attached hydrogen (secondary N) is 1. The topological polar surface area (TPSA) is 67.9 Å². The van der Waals surface area contributed by atoms with Crippen molar-refractivity contribution in [3.8, 4) is 5.75 Å². The van der Waals surface area contributed by atoms with Gasteiger partial charge in [0.15, 0.2) is 0 Å². The van der Waals surface area contributed by atoms with E-state index in [9.17, 15) is 9.59 Å². The van der Waals surface area contributed by atoms with Gasteiger partial charge in [0.2, 0.25) is 5.91 Å². The maximum absolute atomic E-state index is 12.3. The molecule has 0 bridgehead atoms. The number of carbonyl (C=O) groups excluding carboxylic acids is 2. The lowest BCUT2D eigenvalue weighted by molar-refractivity contribution is -0.114. The van der Waals surface area contributed by atoms with Crippen LogP contribution in [0.3, 0.4) is 0 Å². The molecule has 1 atom stereocenters. The van der Waals surface area contributed by atoms with Gasteiger partial charge in [-0.1, -0.05) is 6.07 Å². The molecule has 1 N–H and O–H groups in total. The van der Waals surface area contributed by atoms with Gasteiger partial charge in [-0.25, -0.2) is 4.79 Å². The van der Waals surface area contributed by atoms with Crippen LogP contribution in [0.4, 0.5) is 10.5 Å². The van der Waals surface area contributed by atoms with E-state index in [4.69, 9.17) is 9.47 Å². The van der Waals surface area contributed by atoms with Crippen molar-refractivity contribution >= 4 is 17.7 Å². The molecule has 1 aromatic carbocycles.